The molecule has 10 nitrogen and oxygen atoms in total. The Morgan fingerprint density at radius 2 is 1.57 bits per heavy atom. The summed E-state index contributed by atoms with van der Waals surface area (Å²) in [6.45, 7) is -0.443. The molecule has 5 atom stereocenters. The van der Waals surface area contributed by atoms with E-state index in [4.69, 9.17) is 14.2 Å². The SMILES string of the molecule is O=C(OCC1OC(OCc2ccccc2)C(O)C(O)C1O)c1cc(O)c(O)c(O)c1. The van der Waals surface area contributed by atoms with Crippen molar-refractivity contribution in [2.24, 2.45) is 0 Å². The van der Waals surface area contributed by atoms with Crippen LogP contribution >= 0.6 is 0 Å². The van der Waals surface area contributed by atoms with E-state index >= 15 is 0 Å². The van der Waals surface area contributed by atoms with Gasteiger partial charge in [-0.3, -0.25) is 0 Å². The van der Waals surface area contributed by atoms with Crippen LogP contribution in [0.3, 0.4) is 0 Å². The lowest BCUT2D eigenvalue weighted by Gasteiger charge is -2.39. The monoisotopic (exact) mass is 422 g/mol. The van der Waals surface area contributed by atoms with Gasteiger partial charge in [-0.2, -0.15) is 0 Å². The van der Waals surface area contributed by atoms with Crippen LogP contribution in [0.25, 0.3) is 0 Å². The Balaban J connectivity index is 1.62. The maximum Gasteiger partial charge on any atom is 0.338 e. The van der Waals surface area contributed by atoms with Gasteiger partial charge in [0.05, 0.1) is 12.2 Å². The van der Waals surface area contributed by atoms with E-state index in [0.717, 1.165) is 17.7 Å². The number of phenols is 3. The lowest BCUT2D eigenvalue weighted by Crippen LogP contribution is -2.59. The van der Waals surface area contributed by atoms with Crippen LogP contribution < -0.4 is 0 Å². The van der Waals surface area contributed by atoms with E-state index in [9.17, 15) is 35.4 Å². The summed E-state index contributed by atoms with van der Waals surface area (Å²) in [6, 6.07) is 10.8. The number of carbonyl (C=O) groups excluding carboxylic acids is 1. The Morgan fingerprint density at radius 1 is 0.933 bits per heavy atom. The first-order valence-corrected chi connectivity index (χ1v) is 9.05. The van der Waals surface area contributed by atoms with Gasteiger partial charge in [0.25, 0.3) is 0 Å². The number of hydrogen-bond acceptors (Lipinski definition) is 10. The fourth-order valence-corrected chi connectivity index (χ4v) is 2.91. The Hall–Kier alpha value is -2.89. The van der Waals surface area contributed by atoms with Crippen molar-refractivity contribution in [1.29, 1.82) is 0 Å². The molecule has 2 aromatic rings. The second kappa shape index (κ2) is 9.28. The van der Waals surface area contributed by atoms with Crippen molar-refractivity contribution in [1.82, 2.24) is 0 Å². The van der Waals surface area contributed by atoms with E-state index in [1.54, 1.807) is 24.3 Å². The molecule has 2 aromatic carbocycles. The number of benzene rings is 2. The molecule has 0 aromatic heterocycles. The molecule has 0 radical (unpaired) electrons. The summed E-state index contributed by atoms with van der Waals surface area (Å²) in [7, 11) is 0. The van der Waals surface area contributed by atoms with Gasteiger partial charge < -0.3 is 44.8 Å². The normalized spacial score (nSPS) is 26.3. The molecule has 0 amide bonds. The molecule has 1 saturated heterocycles. The zero-order valence-electron chi connectivity index (χ0n) is 15.7. The van der Waals surface area contributed by atoms with E-state index in [1.807, 2.05) is 6.07 Å². The zero-order chi connectivity index (χ0) is 21.8. The number of aliphatic hydroxyl groups excluding tert-OH is 3. The average Bonchev–Trinajstić information content (AvgIpc) is 2.74. The van der Waals surface area contributed by atoms with Crippen LogP contribution in [0.15, 0.2) is 42.5 Å². The molecule has 0 saturated carbocycles. The zero-order valence-corrected chi connectivity index (χ0v) is 15.7. The van der Waals surface area contributed by atoms with Crippen LogP contribution in [0.2, 0.25) is 0 Å². The fraction of sp³-hybridized carbons (Fsp3) is 0.350. The number of phenolic OH excluding ortho intramolecular Hbond substituents is 3. The van der Waals surface area contributed by atoms with Gasteiger partial charge in [0, 0.05) is 0 Å². The summed E-state index contributed by atoms with van der Waals surface area (Å²) in [4.78, 5) is 12.1. The number of carbonyl (C=O) groups is 1. The third kappa shape index (κ3) is 4.81. The molecule has 162 valence electrons. The molecule has 1 aliphatic rings. The van der Waals surface area contributed by atoms with Gasteiger partial charge in [0.15, 0.2) is 23.5 Å². The quantitative estimate of drug-likeness (QED) is 0.275. The lowest BCUT2D eigenvalue weighted by atomic mass is 9.99. The molecule has 0 aliphatic carbocycles. The van der Waals surface area contributed by atoms with Gasteiger partial charge >= 0.3 is 5.97 Å². The number of ether oxygens (including phenoxy) is 3. The second-order valence-electron chi connectivity index (χ2n) is 6.77. The maximum absolute atomic E-state index is 12.1. The van der Waals surface area contributed by atoms with Crippen LogP contribution in [0, 0.1) is 0 Å². The van der Waals surface area contributed by atoms with Crippen LogP contribution in [-0.4, -0.2) is 73.9 Å². The van der Waals surface area contributed by atoms with Crippen molar-refractivity contribution in [3.8, 4) is 17.2 Å². The minimum atomic E-state index is -1.61. The molecular weight excluding hydrogens is 400 g/mol. The van der Waals surface area contributed by atoms with E-state index < -0.39 is 60.5 Å². The fourth-order valence-electron chi connectivity index (χ4n) is 2.91. The maximum atomic E-state index is 12.1. The summed E-state index contributed by atoms with van der Waals surface area (Å²) in [5, 5.41) is 58.6. The van der Waals surface area contributed by atoms with E-state index in [2.05, 4.69) is 0 Å². The summed E-state index contributed by atoms with van der Waals surface area (Å²) in [5.74, 6) is -3.21. The summed E-state index contributed by atoms with van der Waals surface area (Å²) >= 11 is 0. The smallest absolute Gasteiger partial charge is 0.338 e. The van der Waals surface area contributed by atoms with Crippen molar-refractivity contribution in [2.75, 3.05) is 6.61 Å². The number of esters is 1. The molecule has 0 bridgehead atoms. The highest BCUT2D eigenvalue weighted by atomic mass is 16.7. The number of rotatable bonds is 6. The standard InChI is InChI=1S/C20H22O10/c21-12-6-11(7-13(22)15(12)23)19(27)28-9-14-16(24)17(25)18(26)20(30-14)29-8-10-4-2-1-3-5-10/h1-7,14,16-18,20-26H,8-9H2. The van der Waals surface area contributed by atoms with E-state index in [1.165, 1.54) is 0 Å². The first-order valence-electron chi connectivity index (χ1n) is 9.05. The van der Waals surface area contributed by atoms with Gasteiger partial charge in [-0.1, -0.05) is 30.3 Å². The second-order valence-corrected chi connectivity index (χ2v) is 6.77. The first kappa shape index (κ1) is 21.8. The molecule has 5 unspecified atom stereocenters. The summed E-state index contributed by atoms with van der Waals surface area (Å²) in [6.07, 6.45) is -7.20. The van der Waals surface area contributed by atoms with Crippen molar-refractivity contribution < 1.29 is 49.6 Å². The van der Waals surface area contributed by atoms with Crippen molar-refractivity contribution in [2.45, 2.75) is 37.3 Å². The highest BCUT2D eigenvalue weighted by Gasteiger charge is 2.44. The average molecular weight is 422 g/mol. The van der Waals surface area contributed by atoms with Gasteiger partial charge in [0.1, 0.15) is 31.0 Å². The molecular formula is C20H22O10. The third-order valence-electron chi connectivity index (χ3n) is 4.61. The highest BCUT2D eigenvalue weighted by Crippen LogP contribution is 2.35. The Bertz CT molecular complexity index is 848. The third-order valence-corrected chi connectivity index (χ3v) is 4.61. The molecule has 1 aliphatic heterocycles. The van der Waals surface area contributed by atoms with Crippen molar-refractivity contribution in [3.63, 3.8) is 0 Å². The minimum Gasteiger partial charge on any atom is -0.504 e. The molecule has 10 heteroatoms. The van der Waals surface area contributed by atoms with E-state index in [0.29, 0.717) is 0 Å². The largest absolute Gasteiger partial charge is 0.504 e. The summed E-state index contributed by atoms with van der Waals surface area (Å²) in [5.41, 5.74) is 0.536. The predicted octanol–water partition coefficient (Wildman–Crippen LogP) is -0.0154. The number of aliphatic hydroxyl groups is 3. The molecule has 1 fully saturated rings. The molecule has 3 rings (SSSR count). The van der Waals surface area contributed by atoms with Crippen LogP contribution in [0.5, 0.6) is 17.2 Å². The predicted molar refractivity (Wildman–Crippen MR) is 99.6 cm³/mol. The highest BCUT2D eigenvalue weighted by molar-refractivity contribution is 5.91. The first-order chi connectivity index (χ1) is 14.3. The molecule has 1 heterocycles. The number of hydrogen-bond donors (Lipinski definition) is 6. The van der Waals surface area contributed by atoms with Crippen LogP contribution in [-0.2, 0) is 20.8 Å². The Kier molecular flexibility index (Phi) is 6.75. The van der Waals surface area contributed by atoms with Gasteiger partial charge in [0.2, 0.25) is 0 Å². The molecule has 6 N–H and O–H groups in total. The van der Waals surface area contributed by atoms with Crippen molar-refractivity contribution >= 4 is 5.97 Å². The van der Waals surface area contributed by atoms with Crippen LogP contribution in [0.4, 0.5) is 0 Å². The number of aromatic hydroxyl groups is 3. The Labute approximate surface area is 171 Å². The van der Waals surface area contributed by atoms with Crippen LogP contribution in [0.1, 0.15) is 15.9 Å². The van der Waals surface area contributed by atoms with Gasteiger partial charge in [-0.25, -0.2) is 4.79 Å². The van der Waals surface area contributed by atoms with Crippen molar-refractivity contribution in [3.05, 3.63) is 53.6 Å². The minimum absolute atomic E-state index is 0.0734. The Morgan fingerprint density at radius 3 is 2.20 bits per heavy atom. The van der Waals surface area contributed by atoms with E-state index in [-0.39, 0.29) is 12.2 Å². The summed E-state index contributed by atoms with van der Waals surface area (Å²) < 4.78 is 16.0. The molecule has 0 spiro atoms. The van der Waals surface area contributed by atoms with Gasteiger partial charge in [-0.05, 0) is 17.7 Å². The molecule has 30 heavy (non-hydrogen) atoms. The topological polar surface area (TPSA) is 166 Å². The van der Waals surface area contributed by atoms with Gasteiger partial charge in [-0.15, -0.1) is 0 Å². The lowest BCUT2D eigenvalue weighted by molar-refractivity contribution is -0.303.